The lowest BCUT2D eigenvalue weighted by atomic mass is 9.95. The largest absolute Gasteiger partial charge is 0.472 e. The Morgan fingerprint density at radius 2 is 2.50 bits per heavy atom. The second-order valence-electron chi connectivity index (χ2n) is 4.04. The Bertz CT molecular complexity index is 268. The Hall–Kier alpha value is -0.800. The van der Waals surface area contributed by atoms with Gasteiger partial charge in [0.2, 0.25) is 0 Å². The van der Waals surface area contributed by atoms with Crippen molar-refractivity contribution in [3.63, 3.8) is 0 Å². The van der Waals surface area contributed by atoms with Gasteiger partial charge in [0.1, 0.15) is 0 Å². The van der Waals surface area contributed by atoms with Gasteiger partial charge in [-0.3, -0.25) is 0 Å². The van der Waals surface area contributed by atoms with Gasteiger partial charge in [-0.2, -0.15) is 0 Å². The molecule has 0 radical (unpaired) electrons. The third-order valence-electron chi connectivity index (χ3n) is 2.80. The molecule has 0 aliphatic carbocycles. The van der Waals surface area contributed by atoms with Crippen LogP contribution in [-0.2, 0) is 11.2 Å². The van der Waals surface area contributed by atoms with Gasteiger partial charge >= 0.3 is 0 Å². The Labute approximate surface area is 83.7 Å². The standard InChI is InChI=1S/C11H16O3/c1-8-4-10(7-14-8)11(12)5-9-2-3-13-6-9/h2-3,6,8,10-12H,4-5,7H2,1H3. The first-order valence-electron chi connectivity index (χ1n) is 5.06. The summed E-state index contributed by atoms with van der Waals surface area (Å²) in [4.78, 5) is 0. The topological polar surface area (TPSA) is 42.6 Å². The quantitative estimate of drug-likeness (QED) is 0.798. The van der Waals surface area contributed by atoms with Crippen molar-refractivity contribution in [2.75, 3.05) is 6.61 Å². The van der Waals surface area contributed by atoms with E-state index >= 15 is 0 Å². The zero-order valence-electron chi connectivity index (χ0n) is 8.35. The molecule has 0 amide bonds. The Kier molecular flexibility index (Phi) is 2.89. The molecule has 3 nitrogen and oxygen atoms in total. The van der Waals surface area contributed by atoms with E-state index in [0.717, 1.165) is 12.0 Å². The van der Waals surface area contributed by atoms with Gasteiger partial charge in [-0.25, -0.2) is 0 Å². The Morgan fingerprint density at radius 1 is 1.64 bits per heavy atom. The van der Waals surface area contributed by atoms with Crippen molar-refractivity contribution in [3.8, 4) is 0 Å². The van der Waals surface area contributed by atoms with Crippen LogP contribution in [0.2, 0.25) is 0 Å². The van der Waals surface area contributed by atoms with Crippen LogP contribution < -0.4 is 0 Å². The smallest absolute Gasteiger partial charge is 0.0935 e. The van der Waals surface area contributed by atoms with Crippen LogP contribution in [0.5, 0.6) is 0 Å². The van der Waals surface area contributed by atoms with Gasteiger partial charge in [0, 0.05) is 12.3 Å². The normalized spacial score (nSPS) is 29.3. The molecule has 0 aromatic carbocycles. The second kappa shape index (κ2) is 4.15. The van der Waals surface area contributed by atoms with Gasteiger partial charge in [-0.1, -0.05) is 0 Å². The van der Waals surface area contributed by atoms with E-state index in [1.54, 1.807) is 12.5 Å². The van der Waals surface area contributed by atoms with Crippen LogP contribution in [0.1, 0.15) is 18.9 Å². The number of hydrogen-bond donors (Lipinski definition) is 1. The second-order valence-corrected chi connectivity index (χ2v) is 4.04. The van der Waals surface area contributed by atoms with Crippen LogP contribution >= 0.6 is 0 Å². The van der Waals surface area contributed by atoms with Gasteiger partial charge < -0.3 is 14.3 Å². The minimum Gasteiger partial charge on any atom is -0.472 e. The van der Waals surface area contributed by atoms with Crippen molar-refractivity contribution in [2.45, 2.75) is 32.0 Å². The lowest BCUT2D eigenvalue weighted by molar-refractivity contribution is 0.0806. The molecule has 3 atom stereocenters. The van der Waals surface area contributed by atoms with Gasteiger partial charge in [0.15, 0.2) is 0 Å². The minimum absolute atomic E-state index is 0.278. The maximum atomic E-state index is 9.92. The summed E-state index contributed by atoms with van der Waals surface area (Å²) in [5.41, 5.74) is 1.05. The van der Waals surface area contributed by atoms with Crippen LogP contribution in [0, 0.1) is 5.92 Å². The molecular formula is C11H16O3. The SMILES string of the molecule is CC1CC(C(O)Cc2ccoc2)CO1. The minimum atomic E-state index is -0.308. The van der Waals surface area contributed by atoms with E-state index in [1.165, 1.54) is 0 Å². The molecule has 14 heavy (non-hydrogen) atoms. The summed E-state index contributed by atoms with van der Waals surface area (Å²) in [6.45, 7) is 2.73. The molecule has 1 N–H and O–H groups in total. The molecule has 3 unspecified atom stereocenters. The van der Waals surface area contributed by atoms with Crippen molar-refractivity contribution in [1.82, 2.24) is 0 Å². The fraction of sp³-hybridized carbons (Fsp3) is 0.636. The number of rotatable bonds is 3. The maximum Gasteiger partial charge on any atom is 0.0935 e. The van der Waals surface area contributed by atoms with Crippen molar-refractivity contribution in [2.24, 2.45) is 5.92 Å². The predicted octanol–water partition coefficient (Wildman–Crippen LogP) is 1.61. The van der Waals surface area contributed by atoms with E-state index in [0.29, 0.717) is 19.1 Å². The molecular weight excluding hydrogens is 180 g/mol. The van der Waals surface area contributed by atoms with Crippen LogP contribution in [-0.4, -0.2) is 23.9 Å². The lowest BCUT2D eigenvalue weighted by Crippen LogP contribution is -2.22. The highest BCUT2D eigenvalue weighted by atomic mass is 16.5. The first-order valence-corrected chi connectivity index (χ1v) is 5.06. The molecule has 1 aromatic rings. The third-order valence-corrected chi connectivity index (χ3v) is 2.80. The van der Waals surface area contributed by atoms with Crippen LogP contribution in [0.4, 0.5) is 0 Å². The fourth-order valence-corrected chi connectivity index (χ4v) is 1.94. The molecule has 1 saturated heterocycles. The summed E-state index contributed by atoms with van der Waals surface area (Å²) < 4.78 is 10.4. The first kappa shape index (κ1) is 9.74. The first-order chi connectivity index (χ1) is 6.75. The molecule has 2 rings (SSSR count). The lowest BCUT2D eigenvalue weighted by Gasteiger charge is -2.15. The van der Waals surface area contributed by atoms with Gasteiger partial charge in [-0.05, 0) is 25.0 Å². The van der Waals surface area contributed by atoms with Gasteiger partial charge in [0.05, 0.1) is 31.3 Å². The average molecular weight is 196 g/mol. The van der Waals surface area contributed by atoms with E-state index in [-0.39, 0.29) is 12.0 Å². The average Bonchev–Trinajstić information content (AvgIpc) is 2.75. The number of aliphatic hydroxyl groups excluding tert-OH is 1. The number of furan rings is 1. The molecule has 1 aliphatic rings. The van der Waals surface area contributed by atoms with Crippen LogP contribution in [0.3, 0.4) is 0 Å². The van der Waals surface area contributed by atoms with Gasteiger partial charge in [-0.15, -0.1) is 0 Å². The summed E-state index contributed by atoms with van der Waals surface area (Å²) in [5.74, 6) is 0.278. The Morgan fingerprint density at radius 3 is 3.07 bits per heavy atom. The fourth-order valence-electron chi connectivity index (χ4n) is 1.94. The molecule has 1 aliphatic heterocycles. The molecule has 1 fully saturated rings. The zero-order chi connectivity index (χ0) is 9.97. The zero-order valence-corrected chi connectivity index (χ0v) is 8.35. The molecule has 0 spiro atoms. The highest BCUT2D eigenvalue weighted by molar-refractivity contribution is 5.07. The van der Waals surface area contributed by atoms with E-state index in [1.807, 2.05) is 13.0 Å². The summed E-state index contributed by atoms with van der Waals surface area (Å²) in [5, 5.41) is 9.92. The number of hydrogen-bond acceptors (Lipinski definition) is 3. The highest BCUT2D eigenvalue weighted by Gasteiger charge is 2.28. The van der Waals surface area contributed by atoms with Crippen LogP contribution in [0.25, 0.3) is 0 Å². The molecule has 0 saturated carbocycles. The summed E-state index contributed by atoms with van der Waals surface area (Å²) in [6, 6.07) is 1.89. The Balaban J connectivity index is 1.87. The van der Waals surface area contributed by atoms with E-state index in [9.17, 15) is 5.11 Å². The van der Waals surface area contributed by atoms with Crippen molar-refractivity contribution < 1.29 is 14.3 Å². The molecule has 3 heteroatoms. The predicted molar refractivity (Wildman–Crippen MR) is 51.9 cm³/mol. The molecule has 0 bridgehead atoms. The molecule has 1 aromatic heterocycles. The molecule has 2 heterocycles. The monoisotopic (exact) mass is 196 g/mol. The van der Waals surface area contributed by atoms with E-state index in [2.05, 4.69) is 0 Å². The maximum absolute atomic E-state index is 9.92. The van der Waals surface area contributed by atoms with Crippen molar-refractivity contribution in [3.05, 3.63) is 24.2 Å². The van der Waals surface area contributed by atoms with Gasteiger partial charge in [0.25, 0.3) is 0 Å². The summed E-state index contributed by atoms with van der Waals surface area (Å²) >= 11 is 0. The van der Waals surface area contributed by atoms with Crippen molar-refractivity contribution in [1.29, 1.82) is 0 Å². The van der Waals surface area contributed by atoms with E-state index < -0.39 is 0 Å². The van der Waals surface area contributed by atoms with Crippen LogP contribution in [0.15, 0.2) is 23.0 Å². The third kappa shape index (κ3) is 2.16. The summed E-state index contributed by atoms with van der Waals surface area (Å²) in [6.07, 6.45) is 4.92. The molecule has 78 valence electrons. The number of ether oxygens (including phenoxy) is 1. The number of aliphatic hydroxyl groups is 1. The summed E-state index contributed by atoms with van der Waals surface area (Å²) in [7, 11) is 0. The highest BCUT2D eigenvalue weighted by Crippen LogP contribution is 2.24. The van der Waals surface area contributed by atoms with E-state index in [4.69, 9.17) is 9.15 Å². The van der Waals surface area contributed by atoms with Crippen molar-refractivity contribution >= 4 is 0 Å².